The number of anilines is 1. The van der Waals surface area contributed by atoms with Crippen molar-refractivity contribution in [1.29, 1.82) is 0 Å². The first-order chi connectivity index (χ1) is 9.42. The van der Waals surface area contributed by atoms with Crippen molar-refractivity contribution in [3.63, 3.8) is 0 Å². The molecule has 1 unspecified atom stereocenters. The zero-order valence-electron chi connectivity index (χ0n) is 12.1. The van der Waals surface area contributed by atoms with E-state index in [1.807, 2.05) is 31.2 Å². The fourth-order valence-electron chi connectivity index (χ4n) is 1.81. The molecule has 0 aromatic heterocycles. The van der Waals surface area contributed by atoms with Gasteiger partial charge in [0.1, 0.15) is 0 Å². The zero-order chi connectivity index (χ0) is 15.1. The fourth-order valence-corrected chi connectivity index (χ4v) is 1.81. The highest BCUT2D eigenvalue weighted by molar-refractivity contribution is 5.89. The second-order valence-corrected chi connectivity index (χ2v) is 5.08. The second-order valence-electron chi connectivity index (χ2n) is 5.08. The number of carboxylic acid groups (broad SMARTS) is 1. The van der Waals surface area contributed by atoms with E-state index < -0.39 is 5.97 Å². The number of carbonyl (C=O) groups is 2. The summed E-state index contributed by atoms with van der Waals surface area (Å²) in [6.45, 7) is 6.05. The molecule has 0 aliphatic carbocycles. The van der Waals surface area contributed by atoms with E-state index in [4.69, 9.17) is 5.11 Å². The van der Waals surface area contributed by atoms with E-state index in [-0.39, 0.29) is 18.5 Å². The van der Waals surface area contributed by atoms with Crippen molar-refractivity contribution in [1.82, 2.24) is 5.32 Å². The summed E-state index contributed by atoms with van der Waals surface area (Å²) in [5, 5.41) is 14.1. The lowest BCUT2D eigenvalue weighted by molar-refractivity contribution is -0.137. The molecule has 0 bridgehead atoms. The number of rotatable bonds is 6. The highest BCUT2D eigenvalue weighted by atomic mass is 16.4. The number of hydrogen-bond acceptors (Lipinski definition) is 2. The topological polar surface area (TPSA) is 78.4 Å². The molecule has 0 saturated carbocycles. The summed E-state index contributed by atoms with van der Waals surface area (Å²) < 4.78 is 0. The maximum atomic E-state index is 11.8. The molecule has 0 radical (unpaired) electrons. The van der Waals surface area contributed by atoms with Gasteiger partial charge in [0, 0.05) is 11.7 Å². The minimum absolute atomic E-state index is 0.0732. The van der Waals surface area contributed by atoms with Crippen LogP contribution in [0.2, 0.25) is 0 Å². The van der Waals surface area contributed by atoms with E-state index in [2.05, 4.69) is 24.5 Å². The Hall–Kier alpha value is -2.04. The predicted octanol–water partition coefficient (Wildman–Crippen LogP) is 3.18. The maximum Gasteiger partial charge on any atom is 0.319 e. The van der Waals surface area contributed by atoms with Gasteiger partial charge in [0.15, 0.2) is 0 Å². The normalized spacial score (nSPS) is 12.0. The van der Waals surface area contributed by atoms with Gasteiger partial charge in [-0.25, -0.2) is 4.79 Å². The van der Waals surface area contributed by atoms with Gasteiger partial charge in [-0.2, -0.15) is 0 Å². The van der Waals surface area contributed by atoms with Gasteiger partial charge in [-0.3, -0.25) is 4.79 Å². The molecule has 20 heavy (non-hydrogen) atoms. The monoisotopic (exact) mass is 278 g/mol. The van der Waals surface area contributed by atoms with Crippen LogP contribution in [-0.4, -0.2) is 23.1 Å². The van der Waals surface area contributed by atoms with Crippen LogP contribution in [0.25, 0.3) is 0 Å². The van der Waals surface area contributed by atoms with Crippen LogP contribution < -0.4 is 10.6 Å². The van der Waals surface area contributed by atoms with Crippen molar-refractivity contribution in [2.75, 3.05) is 5.32 Å². The Balaban J connectivity index is 2.54. The molecule has 0 heterocycles. The largest absolute Gasteiger partial charge is 0.481 e. The second kappa shape index (κ2) is 7.53. The first-order valence-corrected chi connectivity index (χ1v) is 6.81. The highest BCUT2D eigenvalue weighted by Gasteiger charge is 2.13. The molecule has 0 saturated heterocycles. The van der Waals surface area contributed by atoms with Gasteiger partial charge in [-0.1, -0.05) is 32.9 Å². The Morgan fingerprint density at radius 2 is 1.80 bits per heavy atom. The van der Waals surface area contributed by atoms with Crippen molar-refractivity contribution in [2.45, 2.75) is 45.6 Å². The van der Waals surface area contributed by atoms with Crippen molar-refractivity contribution in [2.24, 2.45) is 0 Å². The first kappa shape index (κ1) is 16.0. The molecule has 0 aliphatic rings. The minimum atomic E-state index is -0.918. The Morgan fingerprint density at radius 1 is 1.20 bits per heavy atom. The molecule has 1 atom stereocenters. The number of aliphatic carboxylic acids is 1. The molecule has 3 N–H and O–H groups in total. The third kappa shape index (κ3) is 5.30. The van der Waals surface area contributed by atoms with Gasteiger partial charge < -0.3 is 15.7 Å². The van der Waals surface area contributed by atoms with Crippen molar-refractivity contribution in [3.8, 4) is 0 Å². The van der Waals surface area contributed by atoms with Gasteiger partial charge in [-0.15, -0.1) is 0 Å². The van der Waals surface area contributed by atoms with E-state index in [1.165, 1.54) is 5.56 Å². The summed E-state index contributed by atoms with van der Waals surface area (Å²) in [4.78, 5) is 22.4. The van der Waals surface area contributed by atoms with Crippen LogP contribution in [-0.2, 0) is 4.79 Å². The smallest absolute Gasteiger partial charge is 0.319 e. The lowest BCUT2D eigenvalue weighted by Crippen LogP contribution is -2.38. The van der Waals surface area contributed by atoms with Crippen molar-refractivity contribution in [3.05, 3.63) is 29.8 Å². The molecule has 0 fully saturated rings. The van der Waals surface area contributed by atoms with Crippen LogP contribution in [0.5, 0.6) is 0 Å². The molecule has 5 heteroatoms. The third-order valence-electron chi connectivity index (χ3n) is 3.08. The third-order valence-corrected chi connectivity index (χ3v) is 3.08. The molecule has 5 nitrogen and oxygen atoms in total. The summed E-state index contributed by atoms with van der Waals surface area (Å²) in [6, 6.07) is 6.88. The summed E-state index contributed by atoms with van der Waals surface area (Å²) >= 11 is 0. The van der Waals surface area contributed by atoms with Crippen LogP contribution in [0.3, 0.4) is 0 Å². The van der Waals surface area contributed by atoms with Crippen LogP contribution in [0.1, 0.15) is 45.1 Å². The summed E-state index contributed by atoms with van der Waals surface area (Å²) in [7, 11) is 0. The average Bonchev–Trinajstić information content (AvgIpc) is 2.37. The Kier molecular flexibility index (Phi) is 6.03. The number of carbonyl (C=O) groups excluding carboxylic acids is 1. The number of amides is 2. The lowest BCUT2D eigenvalue weighted by atomic mass is 10.0. The van der Waals surface area contributed by atoms with E-state index in [9.17, 15) is 9.59 Å². The Labute approximate surface area is 119 Å². The summed E-state index contributed by atoms with van der Waals surface area (Å²) in [5.41, 5.74) is 1.89. The van der Waals surface area contributed by atoms with Crippen molar-refractivity contribution >= 4 is 17.7 Å². The first-order valence-electron chi connectivity index (χ1n) is 6.81. The molecule has 0 spiro atoms. The van der Waals surface area contributed by atoms with Gasteiger partial charge >= 0.3 is 12.0 Å². The van der Waals surface area contributed by atoms with E-state index in [1.54, 1.807) is 0 Å². The quantitative estimate of drug-likeness (QED) is 0.747. The number of hydrogen-bond donors (Lipinski definition) is 3. The van der Waals surface area contributed by atoms with Gasteiger partial charge in [0.05, 0.1) is 6.42 Å². The molecule has 1 aromatic carbocycles. The Morgan fingerprint density at radius 3 is 2.25 bits per heavy atom. The maximum absolute atomic E-state index is 11.8. The number of carboxylic acids is 1. The van der Waals surface area contributed by atoms with Crippen LogP contribution in [0.4, 0.5) is 10.5 Å². The standard InChI is InChI=1S/C15H22N2O3/c1-4-12(9-14(18)19)16-15(20)17-13-7-5-11(6-8-13)10(2)3/h5-8,10,12H,4,9H2,1-3H3,(H,18,19)(H2,16,17,20). The van der Waals surface area contributed by atoms with E-state index >= 15 is 0 Å². The van der Waals surface area contributed by atoms with Crippen molar-refractivity contribution < 1.29 is 14.7 Å². The van der Waals surface area contributed by atoms with Gasteiger partial charge in [0.25, 0.3) is 0 Å². The van der Waals surface area contributed by atoms with Crippen LogP contribution in [0, 0.1) is 0 Å². The SMILES string of the molecule is CCC(CC(=O)O)NC(=O)Nc1ccc(C(C)C)cc1. The molecule has 1 rings (SSSR count). The molecular formula is C15H22N2O3. The van der Waals surface area contributed by atoms with Crippen LogP contribution in [0.15, 0.2) is 24.3 Å². The molecule has 1 aromatic rings. The fraction of sp³-hybridized carbons (Fsp3) is 0.467. The highest BCUT2D eigenvalue weighted by Crippen LogP contribution is 2.17. The minimum Gasteiger partial charge on any atom is -0.481 e. The Bertz CT molecular complexity index is 455. The van der Waals surface area contributed by atoms with Gasteiger partial charge in [0.2, 0.25) is 0 Å². The predicted molar refractivity (Wildman–Crippen MR) is 79.0 cm³/mol. The average molecular weight is 278 g/mol. The molecule has 110 valence electrons. The summed E-state index contributed by atoms with van der Waals surface area (Å²) in [5.74, 6) is -0.476. The summed E-state index contributed by atoms with van der Waals surface area (Å²) in [6.07, 6.45) is 0.502. The molecule has 0 aliphatic heterocycles. The van der Waals surface area contributed by atoms with E-state index in [0.29, 0.717) is 18.0 Å². The molecular weight excluding hydrogens is 256 g/mol. The lowest BCUT2D eigenvalue weighted by Gasteiger charge is -2.15. The van der Waals surface area contributed by atoms with E-state index in [0.717, 1.165) is 0 Å². The zero-order valence-corrected chi connectivity index (χ0v) is 12.1. The number of nitrogens with one attached hydrogen (secondary N) is 2. The van der Waals surface area contributed by atoms with Crippen LogP contribution >= 0.6 is 0 Å². The number of benzene rings is 1. The molecule has 2 amide bonds. The number of urea groups is 1. The van der Waals surface area contributed by atoms with Gasteiger partial charge in [-0.05, 0) is 30.0 Å².